The first-order chi connectivity index (χ1) is 14.6. The van der Waals surface area contributed by atoms with Crippen LogP contribution in [0.5, 0.6) is 11.5 Å². The predicted octanol–water partition coefficient (Wildman–Crippen LogP) is 4.59. The maximum Gasteiger partial charge on any atom is 0.237 e. The van der Waals surface area contributed by atoms with Crippen LogP contribution in [0, 0.1) is 0 Å². The lowest BCUT2D eigenvalue weighted by molar-refractivity contribution is -0.123. The Balaban J connectivity index is 0.00000272. The van der Waals surface area contributed by atoms with Crippen LogP contribution in [0.25, 0.3) is 0 Å². The number of aryl methyl sites for hydroxylation is 1. The molecule has 0 spiro atoms. The summed E-state index contributed by atoms with van der Waals surface area (Å²) in [6, 6.07) is 16.7. The molecule has 0 radical (unpaired) electrons. The summed E-state index contributed by atoms with van der Waals surface area (Å²) in [5, 5.41) is 6.12. The normalized spacial score (nSPS) is 23.5. The van der Waals surface area contributed by atoms with Crippen LogP contribution in [0.4, 0.5) is 0 Å². The number of halogens is 1. The summed E-state index contributed by atoms with van der Waals surface area (Å²) in [7, 11) is 1.81. The van der Waals surface area contributed by atoms with E-state index < -0.39 is 0 Å². The quantitative estimate of drug-likeness (QED) is 0.684. The third-order valence-corrected chi connectivity index (χ3v) is 6.30. The number of carbonyl (C=O) groups excluding carboxylic acids is 1. The highest BCUT2D eigenvalue weighted by Gasteiger charge is 2.26. The molecule has 1 aliphatic carbocycles. The van der Waals surface area contributed by atoms with Crippen LogP contribution < -0.4 is 20.1 Å². The summed E-state index contributed by atoms with van der Waals surface area (Å²) in [6.07, 6.45) is 6.15. The number of likely N-dealkylation sites (N-methyl/N-ethyl adjacent to an activating group) is 1. The van der Waals surface area contributed by atoms with Gasteiger partial charge in [0.25, 0.3) is 0 Å². The van der Waals surface area contributed by atoms with Crippen molar-refractivity contribution in [2.45, 2.75) is 69.7 Å². The first-order valence-corrected chi connectivity index (χ1v) is 11.1. The minimum atomic E-state index is -0.154. The monoisotopic (exact) mass is 444 g/mol. The van der Waals surface area contributed by atoms with Gasteiger partial charge in [0.1, 0.15) is 17.6 Å². The molecule has 2 N–H and O–H groups in total. The molecule has 0 aromatic heterocycles. The lowest BCUT2D eigenvalue weighted by Crippen LogP contribution is -2.47. The minimum absolute atomic E-state index is 0. The Morgan fingerprint density at radius 1 is 1.06 bits per heavy atom. The van der Waals surface area contributed by atoms with Gasteiger partial charge in [-0.3, -0.25) is 4.79 Å². The highest BCUT2D eigenvalue weighted by molar-refractivity contribution is 5.85. The molecular formula is C25H33ClN2O3. The van der Waals surface area contributed by atoms with Crippen LogP contribution in [0.2, 0.25) is 0 Å². The molecule has 1 saturated carbocycles. The lowest BCUT2D eigenvalue weighted by atomic mass is 9.92. The van der Waals surface area contributed by atoms with Gasteiger partial charge in [0, 0.05) is 6.04 Å². The highest BCUT2D eigenvalue weighted by atomic mass is 35.5. The van der Waals surface area contributed by atoms with E-state index in [2.05, 4.69) is 41.0 Å². The molecule has 1 amide bonds. The highest BCUT2D eigenvalue weighted by Crippen LogP contribution is 2.37. The Kier molecular flexibility index (Phi) is 8.22. The van der Waals surface area contributed by atoms with Crippen molar-refractivity contribution < 1.29 is 14.3 Å². The van der Waals surface area contributed by atoms with Gasteiger partial charge in [0.15, 0.2) is 0 Å². The Hall–Kier alpha value is -2.24. The molecule has 0 bridgehead atoms. The number of benzene rings is 2. The Morgan fingerprint density at radius 3 is 2.52 bits per heavy atom. The topological polar surface area (TPSA) is 59.6 Å². The fourth-order valence-corrected chi connectivity index (χ4v) is 4.32. The fraction of sp³-hybridized carbons (Fsp3) is 0.480. The molecule has 6 heteroatoms. The van der Waals surface area contributed by atoms with Crippen molar-refractivity contribution in [2.24, 2.45) is 0 Å². The summed E-state index contributed by atoms with van der Waals surface area (Å²) in [5.74, 6) is 1.96. The van der Waals surface area contributed by atoms with Gasteiger partial charge in [-0.1, -0.05) is 30.3 Å². The fourth-order valence-electron chi connectivity index (χ4n) is 4.32. The van der Waals surface area contributed by atoms with Crippen molar-refractivity contribution >= 4 is 18.3 Å². The maximum atomic E-state index is 12.0. The van der Waals surface area contributed by atoms with Crippen LogP contribution >= 0.6 is 12.4 Å². The zero-order valence-corrected chi connectivity index (χ0v) is 19.1. The molecule has 1 heterocycles. The molecule has 31 heavy (non-hydrogen) atoms. The van der Waals surface area contributed by atoms with Crippen molar-refractivity contribution in [3.63, 3.8) is 0 Å². The van der Waals surface area contributed by atoms with Crippen molar-refractivity contribution in [3.05, 3.63) is 59.7 Å². The van der Waals surface area contributed by atoms with Crippen molar-refractivity contribution in [1.29, 1.82) is 0 Å². The van der Waals surface area contributed by atoms with Crippen molar-refractivity contribution in [1.82, 2.24) is 10.6 Å². The van der Waals surface area contributed by atoms with Crippen LogP contribution in [0.3, 0.4) is 0 Å². The van der Waals surface area contributed by atoms with Gasteiger partial charge >= 0.3 is 0 Å². The van der Waals surface area contributed by atoms with E-state index >= 15 is 0 Å². The SMILES string of the molecule is CNC(C)C(=O)N[C@H]1CC[C@H](Oc2ccc3c(c2)CC[C@@H](c2ccccc2)O3)CC1.Cl. The minimum Gasteiger partial charge on any atom is -0.490 e. The standard InChI is InChI=1S/C25H32N2O3.ClH/c1-17(26-2)25(28)27-20-9-11-21(12-10-20)29-22-13-15-24-19(16-22)8-14-23(30-24)18-6-4-3-5-7-18;/h3-7,13,15-17,20-21,23,26H,8-12,14H2,1-2H3,(H,27,28);1H/t17?,20-,21-,23-;/m0./s1. The van der Waals surface area contributed by atoms with E-state index in [-0.39, 0.29) is 42.6 Å². The van der Waals surface area contributed by atoms with Crippen LogP contribution in [0.15, 0.2) is 48.5 Å². The van der Waals surface area contributed by atoms with E-state index in [0.29, 0.717) is 0 Å². The molecule has 2 aromatic carbocycles. The summed E-state index contributed by atoms with van der Waals surface area (Å²) >= 11 is 0. The van der Waals surface area contributed by atoms with Crippen molar-refractivity contribution in [2.75, 3.05) is 7.05 Å². The first-order valence-electron chi connectivity index (χ1n) is 11.1. The molecule has 168 valence electrons. The predicted molar refractivity (Wildman–Crippen MR) is 125 cm³/mol. The number of hydrogen-bond donors (Lipinski definition) is 2. The summed E-state index contributed by atoms with van der Waals surface area (Å²) in [5.41, 5.74) is 2.46. The van der Waals surface area contributed by atoms with Gasteiger partial charge < -0.3 is 20.1 Å². The van der Waals surface area contributed by atoms with E-state index in [1.165, 1.54) is 11.1 Å². The summed E-state index contributed by atoms with van der Waals surface area (Å²) in [4.78, 5) is 12.0. The van der Waals surface area contributed by atoms with E-state index in [4.69, 9.17) is 9.47 Å². The molecule has 2 aromatic rings. The molecule has 2 atom stereocenters. The zero-order chi connectivity index (χ0) is 20.9. The Labute approximate surface area is 191 Å². The van der Waals surface area contributed by atoms with E-state index in [1.807, 2.05) is 25.1 Å². The molecule has 2 aliphatic rings. The van der Waals surface area contributed by atoms with Crippen LogP contribution in [-0.4, -0.2) is 31.1 Å². The van der Waals surface area contributed by atoms with Crippen molar-refractivity contribution in [3.8, 4) is 11.5 Å². The summed E-state index contributed by atoms with van der Waals surface area (Å²) in [6.45, 7) is 1.88. The maximum absolute atomic E-state index is 12.0. The molecule has 1 unspecified atom stereocenters. The zero-order valence-electron chi connectivity index (χ0n) is 18.3. The second kappa shape index (κ2) is 10.9. The average Bonchev–Trinajstić information content (AvgIpc) is 2.80. The largest absolute Gasteiger partial charge is 0.490 e. The smallest absolute Gasteiger partial charge is 0.237 e. The van der Waals surface area contributed by atoms with Gasteiger partial charge in [-0.15, -0.1) is 12.4 Å². The van der Waals surface area contributed by atoms with E-state index in [9.17, 15) is 4.79 Å². The molecule has 1 fully saturated rings. The summed E-state index contributed by atoms with van der Waals surface area (Å²) < 4.78 is 12.5. The van der Waals surface area contributed by atoms with Gasteiger partial charge in [-0.05, 0) is 81.8 Å². The molecule has 0 saturated heterocycles. The number of amides is 1. The van der Waals surface area contributed by atoms with Gasteiger partial charge in [0.2, 0.25) is 5.91 Å². The van der Waals surface area contributed by atoms with Gasteiger partial charge in [-0.2, -0.15) is 0 Å². The van der Waals surface area contributed by atoms with E-state index in [0.717, 1.165) is 50.0 Å². The Bertz CT molecular complexity index is 853. The number of rotatable bonds is 6. The van der Waals surface area contributed by atoms with Crippen LogP contribution in [0.1, 0.15) is 56.3 Å². The van der Waals surface area contributed by atoms with E-state index in [1.54, 1.807) is 7.05 Å². The van der Waals surface area contributed by atoms with Gasteiger partial charge in [0.05, 0.1) is 12.1 Å². The lowest BCUT2D eigenvalue weighted by Gasteiger charge is -2.31. The molecule has 5 nitrogen and oxygen atoms in total. The Morgan fingerprint density at radius 2 is 1.81 bits per heavy atom. The first kappa shape index (κ1) is 23.4. The number of hydrogen-bond acceptors (Lipinski definition) is 4. The second-order valence-corrected chi connectivity index (χ2v) is 8.44. The van der Waals surface area contributed by atoms with Gasteiger partial charge in [-0.25, -0.2) is 0 Å². The molecule has 4 rings (SSSR count). The molecular weight excluding hydrogens is 412 g/mol. The third-order valence-electron chi connectivity index (χ3n) is 6.30. The number of ether oxygens (including phenoxy) is 2. The number of fused-ring (bicyclic) bond motifs is 1. The van der Waals surface area contributed by atoms with Crippen LogP contribution in [-0.2, 0) is 11.2 Å². The molecule has 1 aliphatic heterocycles. The number of carbonyl (C=O) groups is 1. The number of nitrogens with one attached hydrogen (secondary N) is 2. The third kappa shape index (κ3) is 5.92. The average molecular weight is 445 g/mol. The second-order valence-electron chi connectivity index (χ2n) is 8.44.